The van der Waals surface area contributed by atoms with Crippen molar-refractivity contribution in [3.8, 4) is 0 Å². The van der Waals surface area contributed by atoms with Crippen molar-refractivity contribution in [1.82, 2.24) is 9.88 Å². The molecule has 182 valence electrons. The Bertz CT molecular complexity index is 1230. The van der Waals surface area contributed by atoms with E-state index >= 15 is 0 Å². The van der Waals surface area contributed by atoms with Crippen molar-refractivity contribution in [2.75, 3.05) is 17.7 Å². The molecule has 9 heteroatoms. The monoisotopic (exact) mass is 510 g/mol. The van der Waals surface area contributed by atoms with Crippen molar-refractivity contribution in [2.24, 2.45) is 5.92 Å². The molecule has 0 saturated carbocycles. The molecule has 3 amide bonds. The summed E-state index contributed by atoms with van der Waals surface area (Å²) in [6.07, 6.45) is 2.68. The predicted molar refractivity (Wildman–Crippen MR) is 138 cm³/mol. The second kappa shape index (κ2) is 10.6. The quantitative estimate of drug-likeness (QED) is 0.449. The first kappa shape index (κ1) is 24.9. The predicted octanol–water partition coefficient (Wildman–Crippen LogP) is 4.52. The van der Waals surface area contributed by atoms with E-state index in [0.717, 1.165) is 21.0 Å². The largest absolute Gasteiger partial charge is 0.384 e. The van der Waals surface area contributed by atoms with Crippen molar-refractivity contribution >= 4 is 51.5 Å². The molecule has 0 unspecified atom stereocenters. The molecule has 7 nitrogen and oxygen atoms in total. The first-order valence-electron chi connectivity index (χ1n) is 11.4. The van der Waals surface area contributed by atoms with Crippen LogP contribution < -0.4 is 10.6 Å². The number of pyridine rings is 1. The van der Waals surface area contributed by atoms with Gasteiger partial charge in [-0.05, 0) is 71.7 Å². The van der Waals surface area contributed by atoms with Crippen LogP contribution in [0.15, 0.2) is 60.1 Å². The van der Waals surface area contributed by atoms with Crippen molar-refractivity contribution in [1.29, 1.82) is 0 Å². The minimum Gasteiger partial charge on any atom is -0.384 e. The van der Waals surface area contributed by atoms with Crippen molar-refractivity contribution in [3.05, 3.63) is 76.3 Å². The fourth-order valence-electron chi connectivity index (χ4n) is 4.52. The molecule has 3 aromatic rings. The number of benzene rings is 1. The molecule has 1 aliphatic rings. The lowest BCUT2D eigenvalue weighted by atomic mass is 9.80. The van der Waals surface area contributed by atoms with Crippen LogP contribution in [0.4, 0.5) is 10.8 Å². The fourth-order valence-corrected chi connectivity index (χ4v) is 5.42. The summed E-state index contributed by atoms with van der Waals surface area (Å²) in [5, 5.41) is 3.22. The van der Waals surface area contributed by atoms with Crippen LogP contribution in [0, 0.1) is 5.92 Å². The van der Waals surface area contributed by atoms with E-state index in [9.17, 15) is 14.4 Å². The van der Waals surface area contributed by atoms with Crippen LogP contribution in [0.3, 0.4) is 0 Å². The second-order valence-electron chi connectivity index (χ2n) is 8.66. The van der Waals surface area contributed by atoms with Crippen LogP contribution in [-0.4, -0.2) is 40.7 Å². The number of carbonyl (C=O) groups excluding carboxylic acids is 3. The van der Waals surface area contributed by atoms with Gasteiger partial charge in [-0.2, -0.15) is 0 Å². The summed E-state index contributed by atoms with van der Waals surface area (Å²) >= 11 is 7.57. The number of β-lactam (4-membered cyclic amide) rings is 1. The lowest BCUT2D eigenvalue weighted by Gasteiger charge is -2.46. The molecule has 1 aliphatic heterocycles. The summed E-state index contributed by atoms with van der Waals surface area (Å²) in [5.41, 5.74) is 7.53. The van der Waals surface area contributed by atoms with Crippen LogP contribution >= 0.6 is 22.9 Å². The number of halogens is 1. The topological polar surface area (TPSA) is 96.6 Å². The van der Waals surface area contributed by atoms with Gasteiger partial charge in [0.2, 0.25) is 11.8 Å². The van der Waals surface area contributed by atoms with E-state index in [1.807, 2.05) is 42.6 Å². The average Bonchev–Trinajstić information content (AvgIpc) is 3.38. The van der Waals surface area contributed by atoms with E-state index in [1.165, 1.54) is 16.2 Å². The Morgan fingerprint density at radius 2 is 2.03 bits per heavy atom. The molecule has 3 heterocycles. The van der Waals surface area contributed by atoms with Gasteiger partial charge in [-0.3, -0.25) is 19.3 Å². The number of rotatable bonds is 8. The minimum absolute atomic E-state index is 0.112. The molecule has 4 rings (SSSR count). The number of likely N-dealkylation sites (tertiary alicyclic amines) is 1. The third-order valence-corrected chi connectivity index (χ3v) is 7.62. The van der Waals surface area contributed by atoms with E-state index in [2.05, 4.69) is 4.98 Å². The van der Waals surface area contributed by atoms with Crippen LogP contribution in [0.2, 0.25) is 5.02 Å². The Kier molecular flexibility index (Phi) is 7.52. The van der Waals surface area contributed by atoms with Gasteiger partial charge in [0, 0.05) is 24.7 Å². The molecular formula is C26H27ClN4O3S. The van der Waals surface area contributed by atoms with Gasteiger partial charge in [-0.25, -0.2) is 4.98 Å². The normalized spacial score (nSPS) is 18.1. The molecule has 0 radical (unpaired) electrons. The first-order valence-corrected chi connectivity index (χ1v) is 12.7. The standard InChI is InChI=1S/C26H27ClN4O3S/c1-3-17(18-6-4-7-19(27)14-18)15-22(32)31-24(26(34)30(2)23-8-5-11-35-23)20(25(31)33)12-16-9-10-29-21(28)13-16/h4-11,13-14,17,20,24H,3,12,15H2,1-2H3,(H2,28,29)/t17-,20+,24-/m0/s1. The zero-order valence-electron chi connectivity index (χ0n) is 19.6. The third kappa shape index (κ3) is 5.23. The third-order valence-electron chi connectivity index (χ3n) is 6.44. The van der Waals surface area contributed by atoms with Gasteiger partial charge in [0.1, 0.15) is 11.9 Å². The number of thiophene rings is 1. The van der Waals surface area contributed by atoms with E-state index in [-0.39, 0.29) is 30.1 Å². The van der Waals surface area contributed by atoms with Gasteiger partial charge in [-0.15, -0.1) is 11.3 Å². The molecule has 0 aliphatic carbocycles. The Labute approximate surface area is 213 Å². The number of imide groups is 1. The van der Waals surface area contributed by atoms with Crippen molar-refractivity contribution in [2.45, 2.75) is 38.1 Å². The minimum atomic E-state index is -0.881. The molecule has 2 aromatic heterocycles. The van der Waals surface area contributed by atoms with Gasteiger partial charge < -0.3 is 10.6 Å². The zero-order chi connectivity index (χ0) is 25.1. The van der Waals surface area contributed by atoms with Crippen LogP contribution in [0.1, 0.15) is 36.8 Å². The Morgan fingerprint density at radius 1 is 1.23 bits per heavy atom. The Hall–Kier alpha value is -3.23. The number of anilines is 2. The molecule has 0 bridgehead atoms. The van der Waals surface area contributed by atoms with Crippen LogP contribution in [-0.2, 0) is 20.8 Å². The highest BCUT2D eigenvalue weighted by atomic mass is 35.5. The highest BCUT2D eigenvalue weighted by Crippen LogP contribution is 2.36. The maximum absolute atomic E-state index is 13.6. The summed E-state index contributed by atoms with van der Waals surface area (Å²) in [6, 6.07) is 13.7. The summed E-state index contributed by atoms with van der Waals surface area (Å²) in [5.74, 6) is -1.41. The molecule has 1 aromatic carbocycles. The summed E-state index contributed by atoms with van der Waals surface area (Å²) in [4.78, 5) is 46.9. The molecule has 35 heavy (non-hydrogen) atoms. The highest BCUT2D eigenvalue weighted by molar-refractivity contribution is 7.14. The van der Waals surface area contributed by atoms with Crippen molar-refractivity contribution in [3.63, 3.8) is 0 Å². The number of nitrogens with zero attached hydrogens (tertiary/aromatic N) is 3. The molecular weight excluding hydrogens is 484 g/mol. The fraction of sp³-hybridized carbons (Fsp3) is 0.308. The second-order valence-corrected chi connectivity index (χ2v) is 10.0. The summed E-state index contributed by atoms with van der Waals surface area (Å²) in [7, 11) is 1.67. The van der Waals surface area contributed by atoms with E-state index in [1.54, 1.807) is 31.4 Å². The number of nitrogens with two attached hydrogens (primary N) is 1. The first-order chi connectivity index (χ1) is 16.8. The molecule has 1 fully saturated rings. The summed E-state index contributed by atoms with van der Waals surface area (Å²) in [6.45, 7) is 1.99. The lowest BCUT2D eigenvalue weighted by Crippen LogP contribution is -2.69. The summed E-state index contributed by atoms with van der Waals surface area (Å²) < 4.78 is 0. The SMILES string of the molecule is CC[C@@H](CC(=O)N1C(=O)[C@H](Cc2ccnc(N)c2)[C@H]1C(=O)N(C)c1cccs1)c1cccc(Cl)c1. The molecule has 2 N–H and O–H groups in total. The molecule has 1 saturated heterocycles. The van der Waals surface area contributed by atoms with Gasteiger partial charge in [-0.1, -0.05) is 30.7 Å². The lowest BCUT2D eigenvalue weighted by molar-refractivity contribution is -0.170. The van der Waals surface area contributed by atoms with Crippen LogP contribution in [0.5, 0.6) is 0 Å². The highest BCUT2D eigenvalue weighted by Gasteiger charge is 2.55. The maximum Gasteiger partial charge on any atom is 0.251 e. The Balaban J connectivity index is 1.59. The van der Waals surface area contributed by atoms with Gasteiger partial charge in [0.15, 0.2) is 0 Å². The zero-order valence-corrected chi connectivity index (χ0v) is 21.1. The average molecular weight is 511 g/mol. The van der Waals surface area contributed by atoms with Gasteiger partial charge in [0.05, 0.1) is 10.9 Å². The maximum atomic E-state index is 13.6. The van der Waals surface area contributed by atoms with Gasteiger partial charge >= 0.3 is 0 Å². The van der Waals surface area contributed by atoms with Crippen molar-refractivity contribution < 1.29 is 14.4 Å². The van der Waals surface area contributed by atoms with E-state index in [4.69, 9.17) is 17.3 Å². The van der Waals surface area contributed by atoms with Gasteiger partial charge in [0.25, 0.3) is 5.91 Å². The van der Waals surface area contributed by atoms with Crippen LogP contribution in [0.25, 0.3) is 0 Å². The van der Waals surface area contributed by atoms with E-state index < -0.39 is 12.0 Å². The molecule has 3 atom stereocenters. The Morgan fingerprint density at radius 3 is 2.69 bits per heavy atom. The van der Waals surface area contributed by atoms with E-state index in [0.29, 0.717) is 23.7 Å². The number of hydrogen-bond acceptors (Lipinski definition) is 6. The number of nitrogen functional groups attached to an aromatic ring is 1. The number of hydrogen-bond donors (Lipinski definition) is 1. The number of amides is 3. The smallest absolute Gasteiger partial charge is 0.251 e. The molecule has 0 spiro atoms. The number of carbonyl (C=O) groups is 3. The number of aromatic nitrogens is 1. The number of likely N-dealkylation sites (N-methyl/N-ethyl adjacent to an activating group) is 1.